The van der Waals surface area contributed by atoms with Crippen LogP contribution in [0.25, 0.3) is 11.0 Å². The van der Waals surface area contributed by atoms with Crippen molar-refractivity contribution in [1.29, 1.82) is 0 Å². The van der Waals surface area contributed by atoms with Crippen LogP contribution in [0.3, 0.4) is 0 Å². The van der Waals surface area contributed by atoms with Gasteiger partial charge in [-0.2, -0.15) is 0 Å². The summed E-state index contributed by atoms with van der Waals surface area (Å²) in [6.45, 7) is 1.86. The fraction of sp³-hybridized carbons (Fsp3) is 0.200. The standard InChI is InChI=1S/C20H19N3O3/c1-12-17(19(24)26-3)18(13-8-4-7-11-16(13)25-2)23-15-10-6-5-9-14(15)22-20(23)21-12/h4-11,18H,1-3H3,(H,21,22). The molecule has 0 amide bonds. The lowest BCUT2D eigenvalue weighted by molar-refractivity contribution is -0.136. The number of rotatable bonds is 3. The fourth-order valence-corrected chi connectivity index (χ4v) is 3.52. The van der Waals surface area contributed by atoms with Crippen LogP contribution >= 0.6 is 0 Å². The van der Waals surface area contributed by atoms with Crippen molar-refractivity contribution in [2.24, 2.45) is 0 Å². The van der Waals surface area contributed by atoms with E-state index >= 15 is 0 Å². The van der Waals surface area contributed by atoms with Crippen molar-refractivity contribution in [3.8, 4) is 5.75 Å². The first-order valence-electron chi connectivity index (χ1n) is 8.31. The fourth-order valence-electron chi connectivity index (χ4n) is 3.52. The van der Waals surface area contributed by atoms with Gasteiger partial charge in [0.2, 0.25) is 5.95 Å². The van der Waals surface area contributed by atoms with Crippen molar-refractivity contribution in [3.05, 3.63) is 65.4 Å². The number of ether oxygens (including phenoxy) is 2. The monoisotopic (exact) mass is 349 g/mol. The van der Waals surface area contributed by atoms with E-state index < -0.39 is 6.04 Å². The number of esters is 1. The molecule has 0 saturated heterocycles. The van der Waals surface area contributed by atoms with Crippen molar-refractivity contribution in [3.63, 3.8) is 0 Å². The number of methoxy groups -OCH3 is 2. The average molecular weight is 349 g/mol. The molecule has 1 aliphatic rings. The lowest BCUT2D eigenvalue weighted by Gasteiger charge is -2.30. The molecule has 0 radical (unpaired) electrons. The average Bonchev–Trinajstić information content (AvgIpc) is 3.04. The van der Waals surface area contributed by atoms with Crippen molar-refractivity contribution in [2.45, 2.75) is 13.0 Å². The highest BCUT2D eigenvalue weighted by atomic mass is 16.5. The summed E-state index contributed by atoms with van der Waals surface area (Å²) in [7, 11) is 3.02. The zero-order valence-electron chi connectivity index (χ0n) is 14.8. The van der Waals surface area contributed by atoms with Gasteiger partial charge in [-0.15, -0.1) is 0 Å². The number of anilines is 1. The summed E-state index contributed by atoms with van der Waals surface area (Å²) in [5.74, 6) is 1.01. The molecule has 0 spiro atoms. The van der Waals surface area contributed by atoms with Crippen LogP contribution in [0.1, 0.15) is 18.5 Å². The Morgan fingerprint density at radius 3 is 2.62 bits per heavy atom. The number of imidazole rings is 1. The van der Waals surface area contributed by atoms with E-state index in [0.717, 1.165) is 22.3 Å². The van der Waals surface area contributed by atoms with Crippen molar-refractivity contribution in [1.82, 2.24) is 9.55 Å². The zero-order valence-corrected chi connectivity index (χ0v) is 14.8. The zero-order chi connectivity index (χ0) is 18.3. The SMILES string of the molecule is COC(=O)C1=C(C)Nc2nc3ccccc3n2C1c1ccccc1OC. The molecule has 1 aromatic heterocycles. The molecule has 0 saturated carbocycles. The maximum atomic E-state index is 12.6. The van der Waals surface area contributed by atoms with Crippen LogP contribution in [-0.4, -0.2) is 29.7 Å². The number of benzene rings is 2. The predicted molar refractivity (Wildman–Crippen MR) is 99.2 cm³/mol. The van der Waals surface area contributed by atoms with Gasteiger partial charge in [0.1, 0.15) is 5.75 Å². The molecule has 26 heavy (non-hydrogen) atoms. The highest BCUT2D eigenvalue weighted by Gasteiger charge is 2.36. The number of allylic oxidation sites excluding steroid dienone is 1. The Bertz CT molecular complexity index is 1040. The van der Waals surface area contributed by atoms with Gasteiger partial charge in [-0.3, -0.25) is 4.57 Å². The minimum Gasteiger partial charge on any atom is -0.496 e. The van der Waals surface area contributed by atoms with Gasteiger partial charge in [0.15, 0.2) is 0 Å². The molecule has 1 unspecified atom stereocenters. The molecule has 2 heterocycles. The molecule has 0 bridgehead atoms. The minimum absolute atomic E-state index is 0.380. The van der Waals surface area contributed by atoms with Gasteiger partial charge in [-0.1, -0.05) is 30.3 Å². The van der Waals surface area contributed by atoms with Crippen LogP contribution < -0.4 is 10.1 Å². The largest absolute Gasteiger partial charge is 0.496 e. The van der Waals surface area contributed by atoms with E-state index in [1.54, 1.807) is 7.11 Å². The van der Waals surface area contributed by atoms with Gasteiger partial charge < -0.3 is 14.8 Å². The van der Waals surface area contributed by atoms with Crippen LogP contribution in [0.4, 0.5) is 5.95 Å². The first-order chi connectivity index (χ1) is 12.7. The van der Waals surface area contributed by atoms with E-state index in [4.69, 9.17) is 9.47 Å². The number of nitrogens with zero attached hydrogens (tertiary/aromatic N) is 2. The molecule has 132 valence electrons. The van der Waals surface area contributed by atoms with Crippen molar-refractivity contribution < 1.29 is 14.3 Å². The summed E-state index contributed by atoms with van der Waals surface area (Å²) in [5.41, 5.74) is 3.91. The van der Waals surface area contributed by atoms with E-state index in [9.17, 15) is 4.79 Å². The molecule has 6 heteroatoms. The van der Waals surface area contributed by atoms with Gasteiger partial charge in [-0.25, -0.2) is 9.78 Å². The number of carbonyl (C=O) groups is 1. The normalized spacial score (nSPS) is 16.2. The van der Waals surface area contributed by atoms with Gasteiger partial charge in [-0.05, 0) is 25.1 Å². The van der Waals surface area contributed by atoms with Crippen molar-refractivity contribution in [2.75, 3.05) is 19.5 Å². The minimum atomic E-state index is -0.401. The highest BCUT2D eigenvalue weighted by molar-refractivity contribution is 5.94. The maximum Gasteiger partial charge on any atom is 0.337 e. The molecular formula is C20H19N3O3. The van der Waals surface area contributed by atoms with Gasteiger partial charge in [0.25, 0.3) is 0 Å². The third-order valence-corrected chi connectivity index (χ3v) is 4.67. The second kappa shape index (κ2) is 6.22. The number of carbonyl (C=O) groups excluding carboxylic acids is 1. The summed E-state index contributed by atoms with van der Waals surface area (Å²) in [6, 6.07) is 15.1. The number of nitrogens with one attached hydrogen (secondary N) is 1. The van der Waals surface area contributed by atoms with Crippen LogP contribution in [0, 0.1) is 0 Å². The summed E-state index contributed by atoms with van der Waals surface area (Å²) in [5, 5.41) is 3.24. The van der Waals surface area contributed by atoms with Crippen LogP contribution in [0.5, 0.6) is 5.75 Å². The summed E-state index contributed by atoms with van der Waals surface area (Å²) >= 11 is 0. The second-order valence-electron chi connectivity index (χ2n) is 6.09. The molecule has 1 atom stereocenters. The van der Waals surface area contributed by atoms with E-state index in [1.165, 1.54) is 7.11 Å². The second-order valence-corrected chi connectivity index (χ2v) is 6.09. The van der Waals surface area contributed by atoms with Crippen LogP contribution in [0.2, 0.25) is 0 Å². The quantitative estimate of drug-likeness (QED) is 0.733. The number of hydrogen-bond acceptors (Lipinski definition) is 5. The third-order valence-electron chi connectivity index (χ3n) is 4.67. The molecule has 2 aromatic carbocycles. The Labute approximate surface area is 151 Å². The lowest BCUT2D eigenvalue weighted by atomic mass is 9.94. The number of para-hydroxylation sites is 3. The van der Waals surface area contributed by atoms with Gasteiger partial charge >= 0.3 is 5.97 Å². The Hall–Kier alpha value is -3.28. The topological polar surface area (TPSA) is 65.4 Å². The third kappa shape index (κ3) is 2.34. The van der Waals surface area contributed by atoms with Gasteiger partial charge in [0.05, 0.1) is 36.9 Å². The predicted octanol–water partition coefficient (Wildman–Crippen LogP) is 3.51. The van der Waals surface area contributed by atoms with E-state index in [-0.39, 0.29) is 5.97 Å². The molecule has 0 aliphatic carbocycles. The maximum absolute atomic E-state index is 12.6. The Morgan fingerprint density at radius 1 is 1.12 bits per heavy atom. The Balaban J connectivity index is 2.05. The Kier molecular flexibility index (Phi) is 3.88. The summed E-state index contributed by atoms with van der Waals surface area (Å²) in [4.78, 5) is 17.3. The molecule has 4 rings (SSSR count). The number of aromatic nitrogens is 2. The van der Waals surface area contributed by atoms with E-state index in [1.807, 2.05) is 60.0 Å². The smallest absolute Gasteiger partial charge is 0.337 e. The van der Waals surface area contributed by atoms with Crippen LogP contribution in [0.15, 0.2) is 59.8 Å². The molecule has 1 aliphatic heterocycles. The molecular weight excluding hydrogens is 330 g/mol. The Morgan fingerprint density at radius 2 is 1.85 bits per heavy atom. The van der Waals surface area contributed by atoms with E-state index in [0.29, 0.717) is 17.3 Å². The molecule has 0 fully saturated rings. The molecule has 3 aromatic rings. The van der Waals surface area contributed by atoms with Crippen LogP contribution in [-0.2, 0) is 9.53 Å². The first-order valence-corrected chi connectivity index (χ1v) is 8.31. The summed E-state index contributed by atoms with van der Waals surface area (Å²) in [6.07, 6.45) is 0. The number of fused-ring (bicyclic) bond motifs is 3. The van der Waals surface area contributed by atoms with Crippen molar-refractivity contribution >= 4 is 23.0 Å². The van der Waals surface area contributed by atoms with Gasteiger partial charge in [0, 0.05) is 11.3 Å². The summed E-state index contributed by atoms with van der Waals surface area (Å²) < 4.78 is 12.7. The lowest BCUT2D eigenvalue weighted by Crippen LogP contribution is -2.28. The molecule has 1 N–H and O–H groups in total. The molecule has 6 nitrogen and oxygen atoms in total. The van der Waals surface area contributed by atoms with E-state index in [2.05, 4.69) is 10.3 Å². The highest BCUT2D eigenvalue weighted by Crippen LogP contribution is 2.42. The number of hydrogen-bond donors (Lipinski definition) is 1. The first kappa shape index (κ1) is 16.2.